The van der Waals surface area contributed by atoms with Crippen molar-refractivity contribution in [2.75, 3.05) is 5.32 Å². The van der Waals surface area contributed by atoms with Gasteiger partial charge in [-0.05, 0) is 30.7 Å². The van der Waals surface area contributed by atoms with Crippen molar-refractivity contribution in [3.8, 4) is 11.5 Å². The number of aromatic nitrogens is 1. The molecule has 7 heteroatoms. The smallest absolute Gasteiger partial charge is 0.316 e. The molecule has 5 nitrogen and oxygen atoms in total. The topological polar surface area (TPSA) is 77.2 Å². The molecule has 30 heavy (non-hydrogen) atoms. The molecule has 0 saturated heterocycles. The lowest BCUT2D eigenvalue weighted by molar-refractivity contribution is 0.259. The van der Waals surface area contributed by atoms with Crippen molar-refractivity contribution in [3.05, 3.63) is 90.3 Å². The molecule has 0 bridgehead atoms. The Hall–Kier alpha value is -3.71. The summed E-state index contributed by atoms with van der Waals surface area (Å²) in [5.41, 5.74) is 7.14. The first-order chi connectivity index (χ1) is 14.5. The van der Waals surface area contributed by atoms with Gasteiger partial charge in [0.2, 0.25) is 0 Å². The lowest BCUT2D eigenvalue weighted by atomic mass is 10.2. The fourth-order valence-electron chi connectivity index (χ4n) is 2.60. The van der Waals surface area contributed by atoms with Crippen molar-refractivity contribution in [3.63, 3.8) is 0 Å². The van der Waals surface area contributed by atoms with E-state index in [2.05, 4.69) is 16.9 Å². The number of ether oxygens (including phenoxy) is 1. The van der Waals surface area contributed by atoms with Crippen LogP contribution in [0.3, 0.4) is 0 Å². The molecule has 0 aliphatic rings. The number of nitrogens with two attached hydrogens (primary N) is 1. The van der Waals surface area contributed by atoms with Crippen LogP contribution in [0.4, 0.5) is 14.9 Å². The number of rotatable bonds is 7. The van der Waals surface area contributed by atoms with Crippen LogP contribution in [0, 0.1) is 5.82 Å². The number of fused-ring (bicyclic) bond motifs is 1. The van der Waals surface area contributed by atoms with Crippen molar-refractivity contribution in [2.45, 2.75) is 6.92 Å². The van der Waals surface area contributed by atoms with Gasteiger partial charge < -0.3 is 15.8 Å². The largest absolute Gasteiger partial charge is 0.453 e. The number of benzene rings is 1. The summed E-state index contributed by atoms with van der Waals surface area (Å²) in [6.07, 6.45) is 12.9. The molecule has 0 unspecified atom stereocenters. The second kappa shape index (κ2) is 9.67. The second-order valence-electron chi connectivity index (χ2n) is 6.23. The molecule has 156 valence electrons. The van der Waals surface area contributed by atoms with Crippen molar-refractivity contribution < 1.29 is 16.8 Å². The number of hydrogen-bond acceptors (Lipinski definition) is 4. The van der Waals surface area contributed by atoms with Crippen LogP contribution in [-0.4, -0.2) is 11.0 Å². The molecule has 0 spiro atoms. The highest BCUT2D eigenvalue weighted by Gasteiger charge is 2.13. The molecule has 2 heterocycles. The number of pyridine rings is 1. The summed E-state index contributed by atoms with van der Waals surface area (Å²) in [6.45, 7) is 5.64. The zero-order valence-corrected chi connectivity index (χ0v) is 17.1. The molecule has 0 aliphatic carbocycles. The third-order valence-corrected chi connectivity index (χ3v) is 5.27. The Morgan fingerprint density at radius 3 is 2.77 bits per heavy atom. The van der Waals surface area contributed by atoms with E-state index in [0.29, 0.717) is 5.75 Å². The van der Waals surface area contributed by atoms with E-state index in [1.54, 1.807) is 18.3 Å². The summed E-state index contributed by atoms with van der Waals surface area (Å²) in [6, 6.07) is 7.01. The number of amides is 2. The van der Waals surface area contributed by atoms with E-state index in [1.165, 1.54) is 23.5 Å². The normalized spacial score (nSPS) is 12.0. The summed E-state index contributed by atoms with van der Waals surface area (Å²) in [5, 5.41) is 2.32. The average molecular weight is 426 g/mol. The van der Waals surface area contributed by atoms with Gasteiger partial charge in [0.15, 0.2) is 11.6 Å². The quantitative estimate of drug-likeness (QED) is 0.404. The van der Waals surface area contributed by atoms with Gasteiger partial charge in [0.1, 0.15) is 5.75 Å². The summed E-state index contributed by atoms with van der Waals surface area (Å²) in [5.74, 6) is -0.0727. The van der Waals surface area contributed by atoms with E-state index < -0.39 is 11.8 Å². The summed E-state index contributed by atoms with van der Waals surface area (Å²) in [4.78, 5) is 16.3. The Morgan fingerprint density at radius 2 is 2.03 bits per heavy atom. The fourth-order valence-corrected chi connectivity index (χ4v) is 3.65. The molecule has 3 rings (SSSR count). The molecule has 0 aliphatic heterocycles. The third kappa shape index (κ3) is 5.21. The number of carbonyl (C=O) groups is 1. The maximum atomic E-state index is 14.4. The van der Waals surface area contributed by atoms with Crippen LogP contribution in [0.2, 0.25) is 0 Å². The van der Waals surface area contributed by atoms with Crippen LogP contribution in [0.5, 0.6) is 11.5 Å². The Kier molecular flexibility index (Phi) is 6.77. The predicted molar refractivity (Wildman–Crippen MR) is 126 cm³/mol. The highest BCUT2D eigenvalue weighted by atomic mass is 32.1. The number of allylic oxidation sites excluding steroid dienone is 7. The fraction of sp³-hybridized carbons (Fsp3) is 0.0435. The monoisotopic (exact) mass is 425 g/mol. The minimum Gasteiger partial charge on any atom is -0.453 e. The maximum absolute atomic E-state index is 14.4. The Labute approximate surface area is 180 Å². The first-order valence-electron chi connectivity index (χ1n) is 9.03. The first kappa shape index (κ1) is 21.0. The van der Waals surface area contributed by atoms with Gasteiger partial charge in [-0.3, -0.25) is 4.98 Å². The number of hydrogen-bond donors (Lipinski definition) is 2. The van der Waals surface area contributed by atoms with Crippen molar-refractivity contribution in [1.29, 1.82) is 0 Å². The summed E-state index contributed by atoms with van der Waals surface area (Å²) in [7, 11) is 0. The van der Waals surface area contributed by atoms with E-state index in [-0.39, 0.29) is 14.3 Å². The van der Waals surface area contributed by atoms with Crippen LogP contribution in [0.25, 0.3) is 15.8 Å². The number of primary amides is 1. The molecule has 3 N–H and O–H groups in total. The van der Waals surface area contributed by atoms with Crippen LogP contribution in [0.15, 0.2) is 79.6 Å². The van der Waals surface area contributed by atoms with Crippen molar-refractivity contribution in [1.82, 2.24) is 4.98 Å². The van der Waals surface area contributed by atoms with E-state index >= 15 is 0 Å². The lowest BCUT2D eigenvalue weighted by Gasteiger charge is -2.09. The number of urea groups is 1. The van der Waals surface area contributed by atoms with Crippen molar-refractivity contribution >= 4 is 38.8 Å². The lowest BCUT2D eigenvalue weighted by Crippen LogP contribution is -2.19. The molecule has 2 amide bonds. The third-order valence-electron chi connectivity index (χ3n) is 4.00. The first-order valence-corrected chi connectivity index (χ1v) is 9.85. The molecule has 0 saturated carbocycles. The number of anilines is 1. The highest BCUT2D eigenvalue weighted by molar-refractivity contribution is 7.20. The van der Waals surface area contributed by atoms with Gasteiger partial charge in [0.25, 0.3) is 0 Å². The van der Waals surface area contributed by atoms with Crippen LogP contribution in [-0.2, 0) is 0 Å². The molecule has 0 radical (unpaired) electrons. The predicted octanol–water partition coefficient (Wildman–Crippen LogP) is 6.91. The number of halogens is 1. The Bertz CT molecular complexity index is 1190. The van der Waals surface area contributed by atoms with E-state index in [1.807, 2.05) is 43.4 Å². The van der Waals surface area contributed by atoms with Gasteiger partial charge in [-0.2, -0.15) is 0 Å². The minimum absolute atomic E-state index is 0. The van der Waals surface area contributed by atoms with Gasteiger partial charge in [-0.25, -0.2) is 9.18 Å². The Morgan fingerprint density at radius 1 is 1.23 bits per heavy atom. The second-order valence-corrected chi connectivity index (χ2v) is 7.28. The molecule has 3 aromatic rings. The maximum Gasteiger partial charge on any atom is 0.316 e. The average Bonchev–Trinajstić information content (AvgIpc) is 3.15. The number of thiophene rings is 1. The summed E-state index contributed by atoms with van der Waals surface area (Å²) >= 11 is 1.52. The molecular weight excluding hydrogens is 401 g/mol. The zero-order chi connectivity index (χ0) is 21.5. The number of nitrogens with zero attached hydrogens (tertiary/aromatic N) is 1. The number of carbonyl (C=O) groups excluding carboxylic acids is 1. The zero-order valence-electron chi connectivity index (χ0n) is 16.3. The van der Waals surface area contributed by atoms with E-state index in [4.69, 9.17) is 10.5 Å². The van der Waals surface area contributed by atoms with Gasteiger partial charge >= 0.3 is 6.03 Å². The highest BCUT2D eigenvalue weighted by Crippen LogP contribution is 2.38. The standard InChI is InChI=1S/C23H20FN3O2S.2H2/c1-3-4-5-6-7-8-15(2)21-14-18-22(30-21)20(11-12-26-18)29-19-10-9-16(13-17(19)24)27-23(25)28;;/h3-14H,1H2,2H3,(H3,25,27,28);2*1H/b5-4+,7-6-,15-8+;;. The number of nitrogens with one attached hydrogen (secondary N) is 1. The SMILES string of the molecule is C=C/C=C/C=C\C=C(/C)c1cc2nccc(Oc3ccc(NC(N)=O)cc3F)c2s1.[HH].[HH]. The van der Waals surface area contributed by atoms with E-state index in [0.717, 1.165) is 26.7 Å². The van der Waals surface area contributed by atoms with E-state index in [9.17, 15) is 9.18 Å². The van der Waals surface area contributed by atoms with Crippen LogP contribution in [0.1, 0.15) is 14.7 Å². The Balaban J connectivity index is 0.00000256. The molecule has 0 atom stereocenters. The van der Waals surface area contributed by atoms with Gasteiger partial charge in [0, 0.05) is 31.7 Å². The van der Waals surface area contributed by atoms with Gasteiger partial charge in [-0.1, -0.05) is 43.0 Å². The molecule has 2 aromatic heterocycles. The molecule has 0 fully saturated rings. The van der Waals surface area contributed by atoms with Gasteiger partial charge in [0.05, 0.1) is 10.2 Å². The van der Waals surface area contributed by atoms with Gasteiger partial charge in [-0.15, -0.1) is 11.3 Å². The van der Waals surface area contributed by atoms with Crippen LogP contribution < -0.4 is 15.8 Å². The molecule has 1 aromatic carbocycles. The molecular formula is C23H24FN3O2S. The van der Waals surface area contributed by atoms with Crippen molar-refractivity contribution in [2.24, 2.45) is 5.73 Å². The van der Waals surface area contributed by atoms with Crippen LogP contribution >= 0.6 is 11.3 Å². The summed E-state index contributed by atoms with van der Waals surface area (Å²) < 4.78 is 21.0. The minimum atomic E-state index is -0.764.